The fraction of sp³-hybridized carbons (Fsp3) is 0.400. The first-order valence-corrected chi connectivity index (χ1v) is 5.44. The van der Waals surface area contributed by atoms with Crippen molar-refractivity contribution in [2.45, 2.75) is 19.0 Å². The summed E-state index contributed by atoms with van der Waals surface area (Å²) in [7, 11) is 0. The highest BCUT2D eigenvalue weighted by atomic mass is 79.9. The molecule has 0 bridgehead atoms. The van der Waals surface area contributed by atoms with Crippen LogP contribution in [0, 0.1) is 0 Å². The van der Waals surface area contributed by atoms with Crippen LogP contribution in [0.1, 0.15) is 17.5 Å². The van der Waals surface area contributed by atoms with Crippen molar-refractivity contribution in [2.24, 2.45) is 5.73 Å². The Morgan fingerprint density at radius 2 is 1.94 bits per heavy atom. The molecule has 0 unspecified atom stereocenters. The van der Waals surface area contributed by atoms with E-state index in [9.17, 15) is 18.3 Å². The molecule has 0 saturated heterocycles. The number of benzene rings is 1. The van der Waals surface area contributed by atoms with E-state index in [0.29, 0.717) is 24.9 Å². The van der Waals surface area contributed by atoms with Gasteiger partial charge in [0.05, 0.1) is 10.0 Å². The molecule has 0 atom stereocenters. The summed E-state index contributed by atoms with van der Waals surface area (Å²) in [4.78, 5) is 0. The Balaban J connectivity index is 3.12. The molecule has 0 spiro atoms. The van der Waals surface area contributed by atoms with Gasteiger partial charge in [-0.25, -0.2) is 0 Å². The van der Waals surface area contributed by atoms with Crippen molar-refractivity contribution in [1.82, 2.24) is 0 Å². The molecule has 0 aromatic heterocycles. The first-order valence-electron chi connectivity index (χ1n) is 4.65. The van der Waals surface area contributed by atoms with Crippen molar-refractivity contribution in [2.75, 3.05) is 6.54 Å². The number of hydrogen-bond acceptors (Lipinski definition) is 2. The minimum Gasteiger partial charge on any atom is -0.506 e. The summed E-state index contributed by atoms with van der Waals surface area (Å²) < 4.78 is 37.6. The first-order chi connectivity index (χ1) is 7.36. The summed E-state index contributed by atoms with van der Waals surface area (Å²) >= 11 is 2.90. The number of hydrogen-bond donors (Lipinski definition) is 2. The fourth-order valence-corrected chi connectivity index (χ4v) is 1.83. The molecule has 1 aromatic rings. The molecule has 0 aliphatic rings. The van der Waals surface area contributed by atoms with Gasteiger partial charge in [0.25, 0.3) is 0 Å². The Bertz CT molecular complexity index is 379. The van der Waals surface area contributed by atoms with E-state index in [0.717, 1.165) is 6.07 Å². The summed E-state index contributed by atoms with van der Waals surface area (Å²) in [5, 5.41) is 9.29. The summed E-state index contributed by atoms with van der Waals surface area (Å²) in [6, 6.07) is 2.43. The zero-order valence-electron chi connectivity index (χ0n) is 8.31. The van der Waals surface area contributed by atoms with Crippen LogP contribution in [0.4, 0.5) is 13.2 Å². The van der Waals surface area contributed by atoms with Gasteiger partial charge >= 0.3 is 6.18 Å². The van der Waals surface area contributed by atoms with Gasteiger partial charge in [0.1, 0.15) is 5.75 Å². The molecule has 2 nitrogen and oxygen atoms in total. The van der Waals surface area contributed by atoms with Crippen molar-refractivity contribution < 1.29 is 18.3 Å². The molecular weight excluding hydrogens is 287 g/mol. The standard InChI is InChI=1S/C10H11BrF3NO/c11-8-5-6(2-1-3-15)4-7(9(8)16)10(12,13)14/h4-5,16H,1-3,15H2. The van der Waals surface area contributed by atoms with E-state index in [1.165, 1.54) is 6.07 Å². The van der Waals surface area contributed by atoms with E-state index in [4.69, 9.17) is 5.73 Å². The molecule has 0 heterocycles. The molecule has 90 valence electrons. The molecule has 6 heteroatoms. The van der Waals surface area contributed by atoms with Gasteiger partial charge in [0.2, 0.25) is 0 Å². The normalized spacial score (nSPS) is 11.8. The maximum Gasteiger partial charge on any atom is 0.420 e. The van der Waals surface area contributed by atoms with E-state index < -0.39 is 17.5 Å². The van der Waals surface area contributed by atoms with Gasteiger partial charge in [0.15, 0.2) is 0 Å². The highest BCUT2D eigenvalue weighted by Gasteiger charge is 2.35. The highest BCUT2D eigenvalue weighted by Crippen LogP contribution is 2.40. The lowest BCUT2D eigenvalue weighted by Gasteiger charge is -2.12. The summed E-state index contributed by atoms with van der Waals surface area (Å²) in [5.74, 6) is -0.774. The third kappa shape index (κ3) is 3.12. The number of aromatic hydroxyl groups is 1. The molecular formula is C10H11BrF3NO. The fourth-order valence-electron chi connectivity index (χ4n) is 1.32. The monoisotopic (exact) mass is 297 g/mol. The Kier molecular flexibility index (Phi) is 4.21. The largest absolute Gasteiger partial charge is 0.506 e. The average molecular weight is 298 g/mol. The third-order valence-corrected chi connectivity index (χ3v) is 2.70. The zero-order valence-corrected chi connectivity index (χ0v) is 9.90. The van der Waals surface area contributed by atoms with Gasteiger partial charge in [0, 0.05) is 0 Å². The molecule has 0 amide bonds. The lowest BCUT2D eigenvalue weighted by Crippen LogP contribution is -2.07. The molecule has 1 rings (SSSR count). The number of alkyl halides is 3. The number of halogens is 4. The van der Waals surface area contributed by atoms with Crippen LogP contribution in [-0.2, 0) is 12.6 Å². The number of rotatable bonds is 3. The molecule has 3 N–H and O–H groups in total. The van der Waals surface area contributed by atoms with Crippen molar-refractivity contribution in [3.8, 4) is 5.75 Å². The van der Waals surface area contributed by atoms with Gasteiger partial charge in [-0.05, 0) is 53.0 Å². The van der Waals surface area contributed by atoms with Crippen molar-refractivity contribution in [3.63, 3.8) is 0 Å². The van der Waals surface area contributed by atoms with E-state index in [2.05, 4.69) is 15.9 Å². The number of nitrogens with two attached hydrogens (primary N) is 1. The summed E-state index contributed by atoms with van der Waals surface area (Å²) in [6.07, 6.45) is -3.49. The molecule has 0 fully saturated rings. The predicted octanol–water partition coefficient (Wildman–Crippen LogP) is 3.06. The second-order valence-electron chi connectivity index (χ2n) is 3.36. The van der Waals surface area contributed by atoms with Gasteiger partial charge in [-0.15, -0.1) is 0 Å². The van der Waals surface area contributed by atoms with Gasteiger partial charge in [-0.1, -0.05) is 0 Å². The Hall–Kier alpha value is -0.750. The predicted molar refractivity (Wildman–Crippen MR) is 58.2 cm³/mol. The molecule has 0 aliphatic carbocycles. The van der Waals surface area contributed by atoms with Crippen LogP contribution in [0.2, 0.25) is 0 Å². The first kappa shape index (κ1) is 13.3. The Labute approximate surface area is 99.4 Å². The average Bonchev–Trinajstić information content (AvgIpc) is 2.17. The number of aryl methyl sites for hydroxylation is 1. The second-order valence-corrected chi connectivity index (χ2v) is 4.22. The third-order valence-electron chi connectivity index (χ3n) is 2.10. The van der Waals surface area contributed by atoms with Crippen LogP contribution in [0.25, 0.3) is 0 Å². The van der Waals surface area contributed by atoms with Crippen molar-refractivity contribution in [3.05, 3.63) is 27.7 Å². The van der Waals surface area contributed by atoms with Crippen LogP contribution >= 0.6 is 15.9 Å². The quantitative estimate of drug-likeness (QED) is 0.901. The number of phenols is 1. The topological polar surface area (TPSA) is 46.2 Å². The summed E-state index contributed by atoms with van der Waals surface area (Å²) in [5.41, 5.74) is 4.77. The van der Waals surface area contributed by atoms with Crippen LogP contribution in [-0.4, -0.2) is 11.7 Å². The SMILES string of the molecule is NCCCc1cc(Br)c(O)c(C(F)(F)F)c1. The number of phenolic OH excluding ortho intramolecular Hbond substituents is 1. The molecule has 1 aromatic carbocycles. The van der Waals surface area contributed by atoms with Gasteiger partial charge in [-0.2, -0.15) is 13.2 Å². The van der Waals surface area contributed by atoms with E-state index >= 15 is 0 Å². The maximum absolute atomic E-state index is 12.5. The smallest absolute Gasteiger partial charge is 0.420 e. The molecule has 0 aliphatic heterocycles. The van der Waals surface area contributed by atoms with Gasteiger partial charge in [-0.3, -0.25) is 0 Å². The zero-order chi connectivity index (χ0) is 12.3. The van der Waals surface area contributed by atoms with Crippen LogP contribution < -0.4 is 5.73 Å². The Morgan fingerprint density at radius 3 is 2.44 bits per heavy atom. The van der Waals surface area contributed by atoms with Crippen LogP contribution in [0.3, 0.4) is 0 Å². The van der Waals surface area contributed by atoms with Crippen LogP contribution in [0.15, 0.2) is 16.6 Å². The molecule has 0 saturated carbocycles. The van der Waals surface area contributed by atoms with Crippen LogP contribution in [0.5, 0.6) is 5.75 Å². The summed E-state index contributed by atoms with van der Waals surface area (Å²) in [6.45, 7) is 0.417. The maximum atomic E-state index is 12.5. The minimum absolute atomic E-state index is 0.0503. The van der Waals surface area contributed by atoms with E-state index in [1.807, 2.05) is 0 Å². The minimum atomic E-state index is -4.55. The molecule has 0 radical (unpaired) electrons. The van der Waals surface area contributed by atoms with Gasteiger partial charge < -0.3 is 10.8 Å². The lowest BCUT2D eigenvalue weighted by atomic mass is 10.1. The van der Waals surface area contributed by atoms with Crippen molar-refractivity contribution in [1.29, 1.82) is 0 Å². The second kappa shape index (κ2) is 5.05. The van der Waals surface area contributed by atoms with E-state index in [1.54, 1.807) is 0 Å². The van der Waals surface area contributed by atoms with E-state index in [-0.39, 0.29) is 4.47 Å². The molecule has 16 heavy (non-hydrogen) atoms. The highest BCUT2D eigenvalue weighted by molar-refractivity contribution is 9.10. The Morgan fingerprint density at radius 1 is 1.31 bits per heavy atom. The van der Waals surface area contributed by atoms with Crippen molar-refractivity contribution >= 4 is 15.9 Å². The lowest BCUT2D eigenvalue weighted by molar-refractivity contribution is -0.138.